The molecule has 0 saturated carbocycles. The smallest absolute Gasteiger partial charge is 0.140 e. The van der Waals surface area contributed by atoms with Crippen LogP contribution in [0.3, 0.4) is 0 Å². The van der Waals surface area contributed by atoms with Gasteiger partial charge in [0.15, 0.2) is 0 Å². The summed E-state index contributed by atoms with van der Waals surface area (Å²) >= 11 is 0. The van der Waals surface area contributed by atoms with E-state index in [1.54, 1.807) is 0 Å². The van der Waals surface area contributed by atoms with Gasteiger partial charge in [-0.25, -0.2) is 0 Å². The van der Waals surface area contributed by atoms with Gasteiger partial charge in [-0.1, -0.05) is 194 Å². The molecule has 1 heterocycles. The van der Waals surface area contributed by atoms with Crippen molar-refractivity contribution in [3.8, 4) is 56.0 Å². The van der Waals surface area contributed by atoms with Crippen LogP contribution < -0.4 is 4.74 Å². The lowest BCUT2D eigenvalue weighted by atomic mass is 9.64. The van der Waals surface area contributed by atoms with E-state index in [0.29, 0.717) is 0 Å². The van der Waals surface area contributed by atoms with E-state index in [0.717, 1.165) is 16.9 Å². The van der Waals surface area contributed by atoms with E-state index in [4.69, 9.17) is 4.74 Å². The largest absolute Gasteiger partial charge is 0.456 e. The van der Waals surface area contributed by atoms with Gasteiger partial charge < -0.3 is 4.74 Å². The Morgan fingerprint density at radius 1 is 0.271 bits per heavy atom. The number of ether oxygens (including phenoxy) is 1. The highest BCUT2D eigenvalue weighted by Gasteiger charge is 2.55. The second-order valence-corrected chi connectivity index (χ2v) is 16.6. The van der Waals surface area contributed by atoms with Crippen LogP contribution in [-0.4, -0.2) is 0 Å². The molecule has 3 aliphatic carbocycles. The summed E-state index contributed by atoms with van der Waals surface area (Å²) in [5.74, 6) is 1.84. The Morgan fingerprint density at radius 2 is 0.729 bits per heavy atom. The Labute approximate surface area is 342 Å². The summed E-state index contributed by atoms with van der Waals surface area (Å²) in [6, 6.07) is 77.3. The van der Waals surface area contributed by atoms with Crippen molar-refractivity contribution in [1.29, 1.82) is 0 Å². The minimum atomic E-state index is -0.586. The predicted octanol–water partition coefficient (Wildman–Crippen LogP) is 14.5. The van der Waals surface area contributed by atoms with Gasteiger partial charge in [-0.3, -0.25) is 0 Å². The molecule has 1 atom stereocenters. The molecule has 14 rings (SSSR count). The molecule has 0 aromatic heterocycles. The lowest BCUT2D eigenvalue weighted by Gasteiger charge is -2.40. The third-order valence-electron chi connectivity index (χ3n) is 14.1. The van der Waals surface area contributed by atoms with Gasteiger partial charge in [0.2, 0.25) is 0 Å². The summed E-state index contributed by atoms with van der Waals surface area (Å²) in [4.78, 5) is 0. The van der Waals surface area contributed by atoms with Gasteiger partial charge >= 0.3 is 0 Å². The molecule has 0 fully saturated rings. The lowest BCUT2D eigenvalue weighted by molar-refractivity contribution is 0.442. The highest BCUT2D eigenvalue weighted by molar-refractivity contribution is 6.09. The van der Waals surface area contributed by atoms with E-state index in [1.807, 2.05) is 0 Å². The van der Waals surface area contributed by atoms with Gasteiger partial charge in [-0.15, -0.1) is 0 Å². The molecule has 1 nitrogen and oxygen atoms in total. The lowest BCUT2D eigenvalue weighted by Crippen LogP contribution is -2.32. The van der Waals surface area contributed by atoms with Crippen molar-refractivity contribution in [2.75, 3.05) is 0 Å². The number of hydrogen-bond donors (Lipinski definition) is 0. The SMILES string of the molecule is c1ccc2c(c1)Oc1c(cc(-c3cccc4c3C3(c5ccccc5-4)c4ccccc4-c4ccc5ccccc5c43)c3ccccc13)C21c2ccccc2-c2ccccc21. The van der Waals surface area contributed by atoms with Gasteiger partial charge in [-0.05, 0) is 106 Å². The van der Waals surface area contributed by atoms with Crippen molar-refractivity contribution in [3.05, 3.63) is 251 Å². The van der Waals surface area contributed by atoms with Gasteiger partial charge in [-0.2, -0.15) is 0 Å². The van der Waals surface area contributed by atoms with Crippen LogP contribution in [0.2, 0.25) is 0 Å². The first-order chi connectivity index (χ1) is 29.3. The van der Waals surface area contributed by atoms with Crippen molar-refractivity contribution in [1.82, 2.24) is 0 Å². The number of fused-ring (bicyclic) bond motifs is 23. The zero-order valence-electron chi connectivity index (χ0n) is 32.0. The normalized spacial score (nSPS) is 16.5. The standard InChI is InChI=1S/C58H34O/c1-2-17-36-35(16-1)32-33-44-41-22-8-12-29-50(41)58(54(36)44)49-28-11-7-21-40(49)42-24-15-25-43(55(42)58)46-34-52-56(45-23-4-3-18-37(45)46)59-53-31-14-13-30-51(53)57(52)47-26-9-5-19-38(47)39-20-6-10-27-48(39)57/h1-34H. The van der Waals surface area contributed by atoms with E-state index in [2.05, 4.69) is 206 Å². The Kier molecular flexibility index (Phi) is 5.96. The molecule has 0 N–H and O–H groups in total. The second-order valence-electron chi connectivity index (χ2n) is 16.6. The highest BCUT2D eigenvalue weighted by atomic mass is 16.5. The molecule has 1 aliphatic heterocycles. The van der Waals surface area contributed by atoms with Gasteiger partial charge in [0.25, 0.3) is 0 Å². The topological polar surface area (TPSA) is 9.23 Å². The summed E-state index contributed by atoms with van der Waals surface area (Å²) < 4.78 is 7.18. The number of rotatable bonds is 1. The fraction of sp³-hybridized carbons (Fsp3) is 0.0345. The summed E-state index contributed by atoms with van der Waals surface area (Å²) in [5.41, 5.74) is 19.5. The third-order valence-corrected chi connectivity index (χ3v) is 14.1. The molecule has 2 spiro atoms. The molecule has 0 bridgehead atoms. The fourth-order valence-electron chi connectivity index (χ4n) is 12.1. The Morgan fingerprint density at radius 3 is 1.39 bits per heavy atom. The molecule has 0 radical (unpaired) electrons. The monoisotopic (exact) mass is 746 g/mol. The quantitative estimate of drug-likeness (QED) is 0.163. The maximum absolute atomic E-state index is 7.18. The summed E-state index contributed by atoms with van der Waals surface area (Å²) in [5, 5.41) is 4.87. The van der Waals surface area contributed by atoms with Crippen LogP contribution in [0.1, 0.15) is 44.5 Å². The summed E-state index contributed by atoms with van der Waals surface area (Å²) in [6.07, 6.45) is 0. The fourth-order valence-corrected chi connectivity index (χ4v) is 12.1. The zero-order valence-corrected chi connectivity index (χ0v) is 32.0. The number of para-hydroxylation sites is 1. The molecule has 0 saturated heterocycles. The first-order valence-electron chi connectivity index (χ1n) is 20.7. The second kappa shape index (κ2) is 11.1. The number of hydrogen-bond acceptors (Lipinski definition) is 1. The molecule has 1 heteroatoms. The molecular weight excluding hydrogens is 713 g/mol. The molecule has 10 aromatic rings. The van der Waals surface area contributed by atoms with Crippen LogP contribution >= 0.6 is 0 Å². The van der Waals surface area contributed by atoms with Crippen LogP contribution in [0.5, 0.6) is 11.5 Å². The molecule has 272 valence electrons. The minimum absolute atomic E-state index is 0.542. The molecule has 10 aromatic carbocycles. The van der Waals surface area contributed by atoms with E-state index >= 15 is 0 Å². The van der Waals surface area contributed by atoms with Crippen LogP contribution in [-0.2, 0) is 10.8 Å². The molecular formula is C58H34O. The molecule has 4 aliphatic rings. The average Bonchev–Trinajstić information content (AvgIpc) is 3.90. The van der Waals surface area contributed by atoms with Crippen molar-refractivity contribution in [2.45, 2.75) is 10.8 Å². The Hall–Kier alpha value is -7.48. The van der Waals surface area contributed by atoms with Crippen LogP contribution in [0, 0.1) is 0 Å². The minimum Gasteiger partial charge on any atom is -0.456 e. The predicted molar refractivity (Wildman–Crippen MR) is 241 cm³/mol. The molecule has 0 amide bonds. The number of benzene rings is 10. The Bertz CT molecular complexity index is 3440. The van der Waals surface area contributed by atoms with Crippen LogP contribution in [0.15, 0.2) is 206 Å². The van der Waals surface area contributed by atoms with E-state index in [1.165, 1.54) is 105 Å². The third kappa shape index (κ3) is 3.65. The van der Waals surface area contributed by atoms with Gasteiger partial charge in [0, 0.05) is 16.5 Å². The van der Waals surface area contributed by atoms with Crippen LogP contribution in [0.25, 0.3) is 66.1 Å². The van der Waals surface area contributed by atoms with E-state index in [9.17, 15) is 0 Å². The first-order valence-corrected chi connectivity index (χ1v) is 20.7. The first kappa shape index (κ1) is 31.6. The highest BCUT2D eigenvalue weighted by Crippen LogP contribution is 2.67. The van der Waals surface area contributed by atoms with Gasteiger partial charge in [0.1, 0.15) is 11.5 Å². The maximum Gasteiger partial charge on any atom is 0.140 e. The zero-order chi connectivity index (χ0) is 38.5. The van der Waals surface area contributed by atoms with Crippen LogP contribution in [0.4, 0.5) is 0 Å². The van der Waals surface area contributed by atoms with Crippen molar-refractivity contribution in [3.63, 3.8) is 0 Å². The van der Waals surface area contributed by atoms with Crippen molar-refractivity contribution < 1.29 is 4.74 Å². The average molecular weight is 747 g/mol. The van der Waals surface area contributed by atoms with Gasteiger partial charge in [0.05, 0.1) is 10.8 Å². The summed E-state index contributed by atoms with van der Waals surface area (Å²) in [6.45, 7) is 0. The molecule has 59 heavy (non-hydrogen) atoms. The van der Waals surface area contributed by atoms with E-state index < -0.39 is 10.8 Å². The maximum atomic E-state index is 7.18. The summed E-state index contributed by atoms with van der Waals surface area (Å²) in [7, 11) is 0. The molecule has 1 unspecified atom stereocenters. The van der Waals surface area contributed by atoms with Crippen molar-refractivity contribution in [2.24, 2.45) is 0 Å². The Balaban J connectivity index is 1.17. The van der Waals surface area contributed by atoms with Crippen molar-refractivity contribution >= 4 is 21.5 Å². The van der Waals surface area contributed by atoms with E-state index in [-0.39, 0.29) is 0 Å².